The molecule has 4 N–H and O–H groups in total. The predicted molar refractivity (Wildman–Crippen MR) is 100 cm³/mol. The molecule has 21 heavy (non-hydrogen) atoms. The van der Waals surface area contributed by atoms with Gasteiger partial charge in [0.2, 0.25) is 11.8 Å². The normalized spacial score (nSPS) is 9.48. The Labute approximate surface area is 150 Å². The number of rotatable bonds is 2. The van der Waals surface area contributed by atoms with Gasteiger partial charge in [-0.1, -0.05) is 23.8 Å². The van der Waals surface area contributed by atoms with Crippen molar-refractivity contribution in [3.63, 3.8) is 0 Å². The topological polar surface area (TPSA) is 86.2 Å². The van der Waals surface area contributed by atoms with Crippen LogP contribution in [-0.2, 0) is 0 Å². The second-order valence-corrected chi connectivity index (χ2v) is 6.52. The molecule has 4 nitrogen and oxygen atoms in total. The Bertz CT molecular complexity index is 672. The summed E-state index contributed by atoms with van der Waals surface area (Å²) >= 11 is 4.18. The summed E-state index contributed by atoms with van der Waals surface area (Å²) in [6, 6.07) is 12.8. The molecular formula is C15H14I2N2O2. The van der Waals surface area contributed by atoms with Gasteiger partial charge in [0, 0.05) is 7.14 Å². The smallest absolute Gasteiger partial charge is 0.249 e. The number of aryl methyl sites for hydroxylation is 1. The zero-order chi connectivity index (χ0) is 16.0. The van der Waals surface area contributed by atoms with Crippen molar-refractivity contribution in [3.05, 3.63) is 66.3 Å². The fourth-order valence-electron chi connectivity index (χ4n) is 1.48. The van der Waals surface area contributed by atoms with Gasteiger partial charge in [-0.25, -0.2) is 0 Å². The van der Waals surface area contributed by atoms with Gasteiger partial charge in [0.25, 0.3) is 0 Å². The zero-order valence-electron chi connectivity index (χ0n) is 11.3. The Morgan fingerprint density at radius 2 is 1.38 bits per heavy atom. The molecule has 2 aromatic rings. The Kier molecular flexibility index (Phi) is 7.09. The molecule has 0 aromatic heterocycles. The van der Waals surface area contributed by atoms with Gasteiger partial charge in [-0.15, -0.1) is 0 Å². The van der Waals surface area contributed by atoms with Crippen LogP contribution in [0.1, 0.15) is 26.3 Å². The quantitative estimate of drug-likeness (QED) is 0.612. The number of nitrogens with two attached hydrogens (primary N) is 2. The maximum Gasteiger partial charge on any atom is 0.249 e. The van der Waals surface area contributed by atoms with E-state index in [-0.39, 0.29) is 11.8 Å². The van der Waals surface area contributed by atoms with E-state index >= 15 is 0 Å². The van der Waals surface area contributed by atoms with Crippen molar-refractivity contribution in [2.75, 3.05) is 0 Å². The third-order valence-corrected chi connectivity index (χ3v) is 4.36. The van der Waals surface area contributed by atoms with Crippen molar-refractivity contribution in [1.82, 2.24) is 0 Å². The maximum absolute atomic E-state index is 10.8. The van der Waals surface area contributed by atoms with Gasteiger partial charge in [0.05, 0.1) is 11.1 Å². The van der Waals surface area contributed by atoms with E-state index < -0.39 is 0 Å². The highest BCUT2D eigenvalue weighted by Gasteiger charge is 2.04. The highest BCUT2D eigenvalue weighted by atomic mass is 127. The van der Waals surface area contributed by atoms with Crippen LogP contribution in [-0.4, -0.2) is 11.8 Å². The molecule has 2 amide bonds. The molecule has 0 aliphatic rings. The van der Waals surface area contributed by atoms with Crippen molar-refractivity contribution in [3.8, 4) is 0 Å². The Balaban J connectivity index is 0.000000211. The lowest BCUT2D eigenvalue weighted by molar-refractivity contribution is 0.0991. The molecule has 0 aliphatic heterocycles. The van der Waals surface area contributed by atoms with E-state index in [0.29, 0.717) is 11.1 Å². The van der Waals surface area contributed by atoms with Crippen LogP contribution in [0.3, 0.4) is 0 Å². The maximum atomic E-state index is 10.8. The number of carbonyl (C=O) groups is 2. The minimum Gasteiger partial charge on any atom is -0.366 e. The summed E-state index contributed by atoms with van der Waals surface area (Å²) in [7, 11) is 0. The van der Waals surface area contributed by atoms with Crippen molar-refractivity contribution in [2.24, 2.45) is 11.5 Å². The van der Waals surface area contributed by atoms with Crippen LogP contribution in [0.15, 0.2) is 42.5 Å². The molecule has 0 radical (unpaired) electrons. The first kappa shape index (κ1) is 17.9. The van der Waals surface area contributed by atoms with E-state index in [1.54, 1.807) is 18.2 Å². The van der Waals surface area contributed by atoms with Crippen LogP contribution >= 0.6 is 45.2 Å². The van der Waals surface area contributed by atoms with E-state index in [2.05, 4.69) is 45.2 Å². The molecule has 0 saturated carbocycles. The third-order valence-electron chi connectivity index (χ3n) is 2.53. The number of hydrogen-bond donors (Lipinski definition) is 2. The van der Waals surface area contributed by atoms with Gasteiger partial charge >= 0.3 is 0 Å². The fourth-order valence-corrected chi connectivity index (χ4v) is 3.07. The van der Waals surface area contributed by atoms with Crippen LogP contribution in [0.2, 0.25) is 0 Å². The van der Waals surface area contributed by atoms with Gasteiger partial charge < -0.3 is 11.5 Å². The van der Waals surface area contributed by atoms with Crippen LogP contribution in [0.4, 0.5) is 0 Å². The summed E-state index contributed by atoms with van der Waals surface area (Å²) < 4.78 is 1.81. The molecule has 6 heteroatoms. The molecule has 0 saturated heterocycles. The van der Waals surface area contributed by atoms with Gasteiger partial charge in [0.1, 0.15) is 0 Å². The highest BCUT2D eigenvalue weighted by molar-refractivity contribution is 14.1. The molecule has 0 aliphatic carbocycles. The number of halogens is 2. The number of primary amides is 2. The number of benzene rings is 2. The monoisotopic (exact) mass is 508 g/mol. The molecule has 0 atom stereocenters. The van der Waals surface area contributed by atoms with Gasteiger partial charge in [-0.2, -0.15) is 0 Å². The molecule has 2 rings (SSSR count). The standard InChI is InChI=1S/C8H8INO.C7H6INO/c1-5-2-3-6(8(10)11)7(9)4-5;8-6-4-2-1-3-5(6)7(9)10/h2-4H,1H3,(H2,10,11);1-4H,(H2,9,10). The molecule has 0 heterocycles. The third kappa shape index (κ3) is 5.62. The van der Waals surface area contributed by atoms with Crippen LogP contribution in [0.5, 0.6) is 0 Å². The van der Waals surface area contributed by atoms with Gasteiger partial charge in [-0.05, 0) is 76.4 Å². The van der Waals surface area contributed by atoms with Crippen LogP contribution in [0, 0.1) is 14.1 Å². The van der Waals surface area contributed by atoms with Crippen molar-refractivity contribution in [2.45, 2.75) is 6.92 Å². The van der Waals surface area contributed by atoms with E-state index in [1.807, 2.05) is 31.2 Å². The minimum absolute atomic E-state index is 0.366. The summed E-state index contributed by atoms with van der Waals surface area (Å²) in [5, 5.41) is 0. The lowest BCUT2D eigenvalue weighted by atomic mass is 10.1. The number of carbonyl (C=O) groups excluding carboxylic acids is 2. The number of amides is 2. The Morgan fingerprint density at radius 3 is 1.81 bits per heavy atom. The lowest BCUT2D eigenvalue weighted by Gasteiger charge is -1.99. The molecule has 0 fully saturated rings. The summed E-state index contributed by atoms with van der Waals surface area (Å²) in [4.78, 5) is 21.4. The summed E-state index contributed by atoms with van der Waals surface area (Å²) in [6.45, 7) is 1.98. The molecular weight excluding hydrogens is 494 g/mol. The highest BCUT2D eigenvalue weighted by Crippen LogP contribution is 2.13. The average Bonchev–Trinajstić information content (AvgIpc) is 2.39. The summed E-state index contributed by atoms with van der Waals surface area (Å²) in [5.41, 5.74) is 12.5. The largest absolute Gasteiger partial charge is 0.366 e. The van der Waals surface area contributed by atoms with Crippen molar-refractivity contribution >= 4 is 57.0 Å². The van der Waals surface area contributed by atoms with Crippen LogP contribution < -0.4 is 11.5 Å². The van der Waals surface area contributed by atoms with Crippen LogP contribution in [0.25, 0.3) is 0 Å². The second kappa shape index (κ2) is 8.32. The fraction of sp³-hybridized carbons (Fsp3) is 0.0667. The first-order valence-electron chi connectivity index (χ1n) is 5.93. The summed E-state index contributed by atoms with van der Waals surface area (Å²) in [5.74, 6) is -0.737. The van der Waals surface area contributed by atoms with Gasteiger partial charge in [0.15, 0.2) is 0 Å². The zero-order valence-corrected chi connectivity index (χ0v) is 15.6. The van der Waals surface area contributed by atoms with Crippen molar-refractivity contribution in [1.29, 1.82) is 0 Å². The molecule has 0 unspecified atom stereocenters. The first-order chi connectivity index (χ1) is 9.82. The Morgan fingerprint density at radius 1 is 0.857 bits per heavy atom. The molecule has 110 valence electrons. The predicted octanol–water partition coefficient (Wildman–Crippen LogP) is 3.09. The number of hydrogen-bond acceptors (Lipinski definition) is 2. The Hall–Kier alpha value is -1.16. The van der Waals surface area contributed by atoms with E-state index in [9.17, 15) is 9.59 Å². The summed E-state index contributed by atoms with van der Waals surface area (Å²) in [6.07, 6.45) is 0. The van der Waals surface area contributed by atoms with Crippen molar-refractivity contribution < 1.29 is 9.59 Å². The molecule has 2 aromatic carbocycles. The SMILES string of the molecule is Cc1ccc(C(N)=O)c(I)c1.NC(=O)c1ccccc1I. The minimum atomic E-state index is -0.370. The molecule has 0 bridgehead atoms. The average molecular weight is 508 g/mol. The van der Waals surface area contributed by atoms with E-state index in [4.69, 9.17) is 11.5 Å². The van der Waals surface area contributed by atoms with E-state index in [1.165, 1.54) is 0 Å². The lowest BCUT2D eigenvalue weighted by Crippen LogP contribution is -2.12. The first-order valence-corrected chi connectivity index (χ1v) is 8.09. The van der Waals surface area contributed by atoms with E-state index in [0.717, 1.165) is 12.7 Å². The van der Waals surface area contributed by atoms with Gasteiger partial charge in [-0.3, -0.25) is 9.59 Å². The second-order valence-electron chi connectivity index (χ2n) is 4.19. The molecule has 0 spiro atoms.